The van der Waals surface area contributed by atoms with Crippen LogP contribution < -0.4 is 5.73 Å². The van der Waals surface area contributed by atoms with E-state index in [2.05, 4.69) is 58.9 Å². The predicted octanol–water partition coefficient (Wildman–Crippen LogP) is 13.4. The highest BCUT2D eigenvalue weighted by atomic mass is 16.6. The van der Waals surface area contributed by atoms with Crippen molar-refractivity contribution < 1.29 is 24.2 Å². The Kier molecular flexibility index (Phi) is 9.92. The molecule has 7 heterocycles. The quantitative estimate of drug-likeness (QED) is 0.175. The maximum atomic E-state index is 16.9. The molecule has 8 heteroatoms. The molecule has 422 valence electrons. The third-order valence-corrected chi connectivity index (χ3v) is 30.0. The van der Waals surface area contributed by atoms with Gasteiger partial charge in [-0.05, 0) is 227 Å². The van der Waals surface area contributed by atoms with Gasteiger partial charge in [0.2, 0.25) is 0 Å². The molecule has 7 saturated carbocycles. The van der Waals surface area contributed by atoms with Gasteiger partial charge in [-0.25, -0.2) is 4.79 Å². The Morgan fingerprint density at radius 2 is 1.69 bits per heavy atom. The number of piperidine rings is 2. The van der Waals surface area contributed by atoms with E-state index in [0.29, 0.717) is 119 Å². The van der Waals surface area contributed by atoms with Crippen molar-refractivity contribution in [3.8, 4) is 11.8 Å². The summed E-state index contributed by atoms with van der Waals surface area (Å²) in [4.78, 5) is 38.7. The summed E-state index contributed by atoms with van der Waals surface area (Å²) in [5.74, 6) is 14.3. The third kappa shape index (κ3) is 5.37. The molecule has 1 aromatic carbocycles. The van der Waals surface area contributed by atoms with Crippen LogP contribution >= 0.6 is 0 Å². The highest BCUT2D eigenvalue weighted by Gasteiger charge is 2.94. The van der Waals surface area contributed by atoms with Gasteiger partial charge in [0.25, 0.3) is 0 Å². The fourth-order valence-corrected chi connectivity index (χ4v) is 28.1. The van der Waals surface area contributed by atoms with Gasteiger partial charge in [-0.2, -0.15) is 0 Å². The number of aliphatic hydroxyl groups excluding tert-OH is 1. The SMILES string of the molecule is C[C@H]1CC2=C3[C@H]4C5=C6[C@@H](/C=C\[C@@H](C7CCCC7)C[C@H]7[C@]68C(=O)O/C(=C(/O)C[C@@H]6[C@H]9CC%10(CCCC%10)[C@]%10(CCC[C@@]%10%11CCC[C@@H]%11C#CC[C@H]%10[C@@H]%11CN3[C@H]3[C@H](CC[C@@H]%11[C@H]3CN6%10)C2)C9)[C@@]8(CC5)[C@]72OC(=O)c3c(CCCN)cccc32)C[C@@H]41. The summed E-state index contributed by atoms with van der Waals surface area (Å²) in [6.07, 6.45) is 37.5. The number of benzene rings is 1. The molecule has 1 aromatic rings. The van der Waals surface area contributed by atoms with Gasteiger partial charge in [-0.1, -0.05) is 87.3 Å². The van der Waals surface area contributed by atoms with E-state index in [9.17, 15) is 5.11 Å². The highest BCUT2D eigenvalue weighted by molar-refractivity contribution is 6.00. The first-order valence-electron chi connectivity index (χ1n) is 34.0. The molecule has 8 nitrogen and oxygen atoms in total. The van der Waals surface area contributed by atoms with Gasteiger partial charge < -0.3 is 25.2 Å². The van der Waals surface area contributed by atoms with Crippen molar-refractivity contribution in [1.82, 2.24) is 9.80 Å². The lowest BCUT2D eigenvalue weighted by Gasteiger charge is -2.73. The van der Waals surface area contributed by atoms with Gasteiger partial charge in [-0.3, -0.25) is 9.69 Å². The maximum absolute atomic E-state index is 16.9. The number of allylic oxidation sites excluding steroid dienone is 4. The van der Waals surface area contributed by atoms with Gasteiger partial charge in [0.1, 0.15) is 11.2 Å². The lowest BCUT2D eigenvalue weighted by atomic mass is 9.27. The number of ether oxygens (including phenoxy) is 2. The first-order valence-corrected chi connectivity index (χ1v) is 34.0. The number of nitrogens with two attached hydrogens (primary N) is 1. The zero-order valence-corrected chi connectivity index (χ0v) is 48.1. The minimum Gasteiger partial charge on any atom is -0.509 e. The Balaban J connectivity index is 0.895. The second kappa shape index (κ2) is 16.3. The smallest absolute Gasteiger partial charge is 0.339 e. The van der Waals surface area contributed by atoms with E-state index < -0.39 is 16.4 Å². The molecule has 3 N–H and O–H groups in total. The normalized spacial score (nSPS) is 51.1. The van der Waals surface area contributed by atoms with Crippen LogP contribution in [0, 0.1) is 116 Å². The van der Waals surface area contributed by atoms with Crippen LogP contribution in [0.25, 0.3) is 0 Å². The van der Waals surface area contributed by atoms with Gasteiger partial charge >= 0.3 is 11.9 Å². The van der Waals surface area contributed by atoms with Crippen molar-refractivity contribution in [3.63, 3.8) is 0 Å². The maximum Gasteiger partial charge on any atom is 0.339 e. The van der Waals surface area contributed by atoms with Crippen molar-refractivity contribution in [2.45, 2.75) is 210 Å². The molecule has 11 bridgehead atoms. The molecule has 3 saturated heterocycles. The van der Waals surface area contributed by atoms with Crippen LogP contribution in [0.2, 0.25) is 0 Å². The molecule has 11 aliphatic carbocycles. The van der Waals surface area contributed by atoms with E-state index in [1.165, 1.54) is 134 Å². The fraction of sp³-hybridized carbons (Fsp3) is 0.750. The first kappa shape index (κ1) is 48.6. The lowest BCUT2D eigenvalue weighted by Crippen LogP contribution is -2.78. The van der Waals surface area contributed by atoms with Gasteiger partial charge in [0, 0.05) is 73.1 Å². The molecule has 18 aliphatic rings. The molecule has 7 aliphatic heterocycles. The summed E-state index contributed by atoms with van der Waals surface area (Å²) in [5.41, 5.74) is 12.9. The second-order valence-electron chi connectivity index (χ2n) is 31.6. The summed E-state index contributed by atoms with van der Waals surface area (Å²) >= 11 is 0. The first-order chi connectivity index (χ1) is 39.1. The van der Waals surface area contributed by atoms with E-state index in [1.807, 2.05) is 0 Å². The van der Waals surface area contributed by atoms with Crippen molar-refractivity contribution >= 4 is 11.9 Å². The van der Waals surface area contributed by atoms with Gasteiger partial charge in [-0.15, -0.1) is 5.92 Å². The van der Waals surface area contributed by atoms with E-state index in [4.69, 9.17) is 15.2 Å². The van der Waals surface area contributed by atoms with E-state index in [-0.39, 0.29) is 47.1 Å². The Labute approximate surface area is 476 Å². The molecule has 0 aromatic heterocycles. The van der Waals surface area contributed by atoms with Crippen molar-refractivity contribution in [2.24, 2.45) is 110 Å². The number of carbonyl (C=O) groups excluding carboxylic acids is 2. The molecular formula is C72H89N3O5. The van der Waals surface area contributed by atoms with E-state index in [1.54, 1.807) is 16.8 Å². The summed E-state index contributed by atoms with van der Waals surface area (Å²) in [6.45, 7) is 5.39. The monoisotopic (exact) mass is 1080 g/mol. The third-order valence-electron chi connectivity index (χ3n) is 30.0. The number of hydrogen-bond acceptors (Lipinski definition) is 8. The largest absolute Gasteiger partial charge is 0.509 e. The van der Waals surface area contributed by atoms with Crippen LogP contribution in [-0.4, -0.2) is 64.6 Å². The molecule has 19 rings (SSSR count). The van der Waals surface area contributed by atoms with E-state index >= 15 is 9.59 Å². The van der Waals surface area contributed by atoms with Crippen molar-refractivity contribution in [2.75, 3.05) is 19.6 Å². The summed E-state index contributed by atoms with van der Waals surface area (Å²) in [7, 11) is 0. The van der Waals surface area contributed by atoms with Gasteiger partial charge in [0.15, 0.2) is 11.4 Å². The number of aliphatic hydroxyl groups is 1. The molecule has 0 radical (unpaired) electrons. The fourth-order valence-electron chi connectivity index (χ4n) is 28.1. The Bertz CT molecular complexity index is 3140. The number of hydrogen-bond donors (Lipinski definition) is 2. The Morgan fingerprint density at radius 1 is 0.812 bits per heavy atom. The molecular weight excluding hydrogens is 987 g/mol. The number of carbonyl (C=O) groups is 2. The molecule has 0 amide bonds. The van der Waals surface area contributed by atoms with Crippen LogP contribution in [0.5, 0.6) is 0 Å². The molecule has 80 heavy (non-hydrogen) atoms. The average Bonchev–Trinajstić information content (AvgIpc) is 2.37. The topological polar surface area (TPSA) is 105 Å². The summed E-state index contributed by atoms with van der Waals surface area (Å²) in [5, 5.41) is 14.4. The van der Waals surface area contributed by atoms with E-state index in [0.717, 1.165) is 56.3 Å². The van der Waals surface area contributed by atoms with Crippen molar-refractivity contribution in [1.29, 1.82) is 0 Å². The minimum atomic E-state index is -1.16. The lowest BCUT2D eigenvalue weighted by molar-refractivity contribution is -0.282. The minimum absolute atomic E-state index is 0.0943. The molecule has 20 atom stereocenters. The molecule has 10 fully saturated rings. The standard InChI is InChI=1S/C72H89N3O5/c1-40-31-46-32-45-21-22-49-52-38-75-62(45)53(49)39-74-55(52)18-7-15-48-16-8-26-68(48)27-10-28-69(68)37-47(36-67(69)24-4-5-25-67)56(74)35-57(76)64-70-29-23-50-60(63(46)75)51(40)33-44-20-19-43(41-11-2-3-12-41)34-58(71(70,61(44)50)66(78)79-64)72(70)54-17-6-13-42(14-9-30-73)59(54)65(77)80-72/h6,13,17,19-20,40-41,43-45,47-49,51-53,55-56,58,60,62,76H,2-5,8-12,14,16,18,21-39,73H2,1H3/b20-19-,64-57+/t40-,43+,44-,45+,47-,48-,49-,51+,52+,53+,55-,56+,58-,60-,62-,68+,69-,70+,71+,72+/m0/s1. The summed E-state index contributed by atoms with van der Waals surface area (Å²) in [6, 6.07) is 7.49. The Hall–Kier alpha value is -3.80. The highest BCUT2D eigenvalue weighted by Crippen LogP contribution is 2.89. The predicted molar refractivity (Wildman–Crippen MR) is 306 cm³/mol. The molecule has 0 unspecified atom stereocenters. The number of aryl methyl sites for hydroxylation is 1. The van der Waals surface area contributed by atoms with Crippen LogP contribution in [-0.2, 0) is 26.3 Å². The van der Waals surface area contributed by atoms with Crippen LogP contribution in [0.3, 0.4) is 0 Å². The number of nitrogens with zero attached hydrogens (tertiary/aromatic N) is 2. The Morgan fingerprint density at radius 3 is 2.56 bits per heavy atom. The van der Waals surface area contributed by atoms with Crippen LogP contribution in [0.4, 0.5) is 0 Å². The second-order valence-corrected chi connectivity index (χ2v) is 31.6. The zero-order chi connectivity index (χ0) is 53.0. The van der Waals surface area contributed by atoms with Crippen LogP contribution in [0.15, 0.2) is 64.3 Å². The average molecular weight is 1080 g/mol. The van der Waals surface area contributed by atoms with Gasteiger partial charge in [0.05, 0.1) is 11.0 Å². The van der Waals surface area contributed by atoms with Crippen molar-refractivity contribution in [3.05, 3.63) is 81.0 Å². The zero-order valence-electron chi connectivity index (χ0n) is 48.1. The number of esters is 2. The number of rotatable bonds is 4. The molecule has 6 spiro atoms. The summed E-state index contributed by atoms with van der Waals surface area (Å²) < 4.78 is 15.0. The number of fused-ring (bicyclic) bond motifs is 7. The van der Waals surface area contributed by atoms with Crippen LogP contribution in [0.1, 0.15) is 202 Å².